The van der Waals surface area contributed by atoms with Crippen molar-refractivity contribution in [1.82, 2.24) is 5.73 Å². The van der Waals surface area contributed by atoms with Crippen molar-refractivity contribution in [1.29, 1.82) is 0 Å². The largest absolute Gasteiger partial charge is 0.253 e. The Labute approximate surface area is 94.5 Å². The summed E-state index contributed by atoms with van der Waals surface area (Å²) >= 11 is 0. The van der Waals surface area contributed by atoms with Crippen LogP contribution < -0.4 is 5.73 Å². The SMILES string of the molecule is [NH]Cc1cccc2cc3ccccc3cc12. The van der Waals surface area contributed by atoms with E-state index in [2.05, 4.69) is 42.5 Å². The zero-order valence-corrected chi connectivity index (χ0v) is 8.90. The molecule has 0 spiro atoms. The molecule has 0 amide bonds. The topological polar surface area (TPSA) is 23.8 Å². The molecule has 1 radical (unpaired) electrons. The first-order valence-electron chi connectivity index (χ1n) is 5.43. The molecular formula is C15H12N. The predicted molar refractivity (Wildman–Crippen MR) is 68.3 cm³/mol. The molecule has 0 aliphatic heterocycles. The summed E-state index contributed by atoms with van der Waals surface area (Å²) in [5, 5.41) is 4.94. The minimum Gasteiger partial charge on any atom is -0.253 e. The Hall–Kier alpha value is -1.86. The lowest BCUT2D eigenvalue weighted by atomic mass is 10.00. The average Bonchev–Trinajstić information content (AvgIpc) is 2.35. The number of benzene rings is 3. The third-order valence-electron chi connectivity index (χ3n) is 3.03. The highest BCUT2D eigenvalue weighted by atomic mass is 14.5. The van der Waals surface area contributed by atoms with Crippen molar-refractivity contribution in [2.24, 2.45) is 0 Å². The molecule has 0 atom stereocenters. The smallest absolute Gasteiger partial charge is 0.0357 e. The highest BCUT2D eigenvalue weighted by Crippen LogP contribution is 2.25. The van der Waals surface area contributed by atoms with Gasteiger partial charge < -0.3 is 0 Å². The van der Waals surface area contributed by atoms with Crippen LogP contribution in [0.4, 0.5) is 0 Å². The molecule has 0 aromatic heterocycles. The van der Waals surface area contributed by atoms with Gasteiger partial charge in [0.15, 0.2) is 0 Å². The number of nitrogens with one attached hydrogen (secondary N) is 1. The minimum atomic E-state index is 0.343. The molecular weight excluding hydrogens is 194 g/mol. The Bertz CT molecular complexity index is 656. The minimum absolute atomic E-state index is 0.343. The molecule has 0 bridgehead atoms. The Kier molecular flexibility index (Phi) is 2.12. The van der Waals surface area contributed by atoms with E-state index in [1.165, 1.54) is 21.5 Å². The van der Waals surface area contributed by atoms with Gasteiger partial charge in [0, 0.05) is 6.54 Å². The first kappa shape index (κ1) is 9.37. The summed E-state index contributed by atoms with van der Waals surface area (Å²) in [5.41, 5.74) is 8.63. The fourth-order valence-electron chi connectivity index (χ4n) is 2.19. The van der Waals surface area contributed by atoms with Crippen LogP contribution >= 0.6 is 0 Å². The fourth-order valence-corrected chi connectivity index (χ4v) is 2.19. The maximum absolute atomic E-state index is 7.53. The van der Waals surface area contributed by atoms with Crippen LogP contribution in [0.1, 0.15) is 5.56 Å². The summed E-state index contributed by atoms with van der Waals surface area (Å²) in [4.78, 5) is 0. The summed E-state index contributed by atoms with van der Waals surface area (Å²) in [6, 6.07) is 18.9. The van der Waals surface area contributed by atoms with E-state index < -0.39 is 0 Å². The summed E-state index contributed by atoms with van der Waals surface area (Å²) in [5.74, 6) is 0. The number of rotatable bonds is 1. The number of hydrogen-bond acceptors (Lipinski definition) is 0. The number of hydrogen-bond donors (Lipinski definition) is 0. The van der Waals surface area contributed by atoms with Gasteiger partial charge in [-0.1, -0.05) is 42.5 Å². The Morgan fingerprint density at radius 3 is 2.19 bits per heavy atom. The molecule has 3 rings (SSSR count). The van der Waals surface area contributed by atoms with Crippen molar-refractivity contribution in [3.63, 3.8) is 0 Å². The normalized spacial score (nSPS) is 11.1. The Morgan fingerprint density at radius 2 is 1.44 bits per heavy atom. The number of fused-ring (bicyclic) bond motifs is 2. The van der Waals surface area contributed by atoms with Crippen LogP contribution in [0.2, 0.25) is 0 Å². The van der Waals surface area contributed by atoms with Crippen LogP contribution in [0.5, 0.6) is 0 Å². The monoisotopic (exact) mass is 206 g/mol. The second-order valence-electron chi connectivity index (χ2n) is 4.01. The van der Waals surface area contributed by atoms with E-state index in [4.69, 9.17) is 5.73 Å². The van der Waals surface area contributed by atoms with Crippen LogP contribution in [0.3, 0.4) is 0 Å². The maximum atomic E-state index is 7.53. The highest BCUT2D eigenvalue weighted by Gasteiger charge is 2.01. The van der Waals surface area contributed by atoms with E-state index in [-0.39, 0.29) is 0 Å². The van der Waals surface area contributed by atoms with Crippen molar-refractivity contribution in [2.45, 2.75) is 6.54 Å². The van der Waals surface area contributed by atoms with Crippen molar-refractivity contribution >= 4 is 21.5 Å². The van der Waals surface area contributed by atoms with Crippen LogP contribution in [0.25, 0.3) is 21.5 Å². The van der Waals surface area contributed by atoms with E-state index in [9.17, 15) is 0 Å². The summed E-state index contributed by atoms with van der Waals surface area (Å²) in [6.45, 7) is 0.343. The van der Waals surface area contributed by atoms with Gasteiger partial charge >= 0.3 is 0 Å². The molecule has 1 N–H and O–H groups in total. The Morgan fingerprint density at radius 1 is 0.750 bits per heavy atom. The lowest BCUT2D eigenvalue weighted by Gasteiger charge is -2.06. The molecule has 0 saturated carbocycles. The highest BCUT2D eigenvalue weighted by molar-refractivity contribution is 5.99. The summed E-state index contributed by atoms with van der Waals surface area (Å²) in [6.07, 6.45) is 0. The molecule has 1 nitrogen and oxygen atoms in total. The molecule has 3 aromatic rings. The summed E-state index contributed by atoms with van der Waals surface area (Å²) < 4.78 is 0. The molecule has 0 aliphatic carbocycles. The Balaban J connectivity index is 2.46. The van der Waals surface area contributed by atoms with Gasteiger partial charge in [-0.2, -0.15) is 0 Å². The third-order valence-corrected chi connectivity index (χ3v) is 3.03. The summed E-state index contributed by atoms with van der Waals surface area (Å²) in [7, 11) is 0. The molecule has 0 unspecified atom stereocenters. The molecule has 0 aliphatic rings. The average molecular weight is 206 g/mol. The molecule has 1 heteroatoms. The molecule has 3 aromatic carbocycles. The van der Waals surface area contributed by atoms with Gasteiger partial charge in [-0.15, -0.1) is 0 Å². The van der Waals surface area contributed by atoms with E-state index in [0.29, 0.717) is 6.54 Å². The van der Waals surface area contributed by atoms with Gasteiger partial charge in [0.1, 0.15) is 0 Å². The van der Waals surface area contributed by atoms with Crippen LogP contribution in [-0.4, -0.2) is 0 Å². The van der Waals surface area contributed by atoms with E-state index in [1.54, 1.807) is 0 Å². The first-order valence-corrected chi connectivity index (χ1v) is 5.43. The van der Waals surface area contributed by atoms with Gasteiger partial charge in [0.2, 0.25) is 0 Å². The zero-order valence-electron chi connectivity index (χ0n) is 8.90. The van der Waals surface area contributed by atoms with Crippen LogP contribution in [0, 0.1) is 0 Å². The van der Waals surface area contributed by atoms with Crippen LogP contribution in [0.15, 0.2) is 54.6 Å². The van der Waals surface area contributed by atoms with Crippen LogP contribution in [-0.2, 0) is 6.54 Å². The van der Waals surface area contributed by atoms with Crippen molar-refractivity contribution < 1.29 is 0 Å². The van der Waals surface area contributed by atoms with Gasteiger partial charge in [0.05, 0.1) is 0 Å². The second kappa shape index (κ2) is 3.62. The third kappa shape index (κ3) is 1.37. The molecule has 0 fully saturated rings. The van der Waals surface area contributed by atoms with Crippen molar-refractivity contribution in [3.05, 3.63) is 60.2 Å². The standard InChI is InChI=1S/C15H12N/c16-10-14-7-3-6-13-8-11-4-1-2-5-12(11)9-15(13)14/h1-9,16H,10H2. The zero-order chi connectivity index (χ0) is 11.0. The lowest BCUT2D eigenvalue weighted by Crippen LogP contribution is -1.87. The van der Waals surface area contributed by atoms with Gasteiger partial charge in [-0.3, -0.25) is 5.73 Å². The van der Waals surface area contributed by atoms with Gasteiger partial charge in [-0.05, 0) is 39.2 Å². The quantitative estimate of drug-likeness (QED) is 0.541. The second-order valence-corrected chi connectivity index (χ2v) is 4.01. The molecule has 16 heavy (non-hydrogen) atoms. The maximum Gasteiger partial charge on any atom is 0.0357 e. The van der Waals surface area contributed by atoms with E-state index in [1.807, 2.05) is 12.1 Å². The first-order chi connectivity index (χ1) is 7.88. The van der Waals surface area contributed by atoms with Gasteiger partial charge in [-0.25, -0.2) is 0 Å². The van der Waals surface area contributed by atoms with Crippen molar-refractivity contribution in [2.75, 3.05) is 0 Å². The van der Waals surface area contributed by atoms with Gasteiger partial charge in [0.25, 0.3) is 0 Å². The fraction of sp³-hybridized carbons (Fsp3) is 0.0667. The molecule has 0 heterocycles. The van der Waals surface area contributed by atoms with E-state index >= 15 is 0 Å². The molecule has 0 saturated heterocycles. The lowest BCUT2D eigenvalue weighted by molar-refractivity contribution is 1.04. The van der Waals surface area contributed by atoms with Crippen molar-refractivity contribution in [3.8, 4) is 0 Å². The van der Waals surface area contributed by atoms with E-state index in [0.717, 1.165) is 5.56 Å². The molecule has 77 valence electrons. The predicted octanol–water partition coefficient (Wildman–Crippen LogP) is 3.78.